The molecule has 1 heterocycles. The Morgan fingerprint density at radius 1 is 1.17 bits per heavy atom. The third-order valence-corrected chi connectivity index (χ3v) is 5.57. The summed E-state index contributed by atoms with van der Waals surface area (Å²) >= 11 is 0. The van der Waals surface area contributed by atoms with E-state index in [4.69, 9.17) is 4.74 Å². The zero-order chi connectivity index (χ0) is 20.7. The number of piperidine rings is 1. The zero-order valence-electron chi connectivity index (χ0n) is 17.9. The van der Waals surface area contributed by atoms with E-state index in [-0.39, 0.29) is 24.9 Å². The molecule has 0 spiro atoms. The van der Waals surface area contributed by atoms with E-state index < -0.39 is 5.60 Å². The van der Waals surface area contributed by atoms with Crippen LogP contribution in [-0.2, 0) is 11.2 Å². The van der Waals surface area contributed by atoms with E-state index in [1.165, 1.54) is 16.7 Å². The van der Waals surface area contributed by atoms with Crippen molar-refractivity contribution in [2.45, 2.75) is 38.7 Å². The van der Waals surface area contributed by atoms with Crippen LogP contribution in [0.15, 0.2) is 48.5 Å². The maximum absolute atomic E-state index is 12.3. The molecule has 0 bridgehead atoms. The molecule has 1 unspecified atom stereocenters. The van der Waals surface area contributed by atoms with Gasteiger partial charge in [-0.2, -0.15) is 0 Å². The molecular weight excluding hydrogens is 400 g/mol. The topological polar surface area (TPSA) is 61.8 Å². The molecule has 2 aromatic rings. The largest absolute Gasteiger partial charge is 0.491 e. The normalized spacial score (nSPS) is 19.0. The number of ether oxygens (including phenoxy) is 1. The fraction of sp³-hybridized carbons (Fsp3) is 0.458. The van der Waals surface area contributed by atoms with Crippen molar-refractivity contribution in [2.24, 2.45) is 0 Å². The average Bonchev–Trinajstić information content (AvgIpc) is 2.70. The van der Waals surface area contributed by atoms with Crippen LogP contribution in [-0.4, -0.2) is 54.3 Å². The van der Waals surface area contributed by atoms with Gasteiger partial charge in [0.2, 0.25) is 5.91 Å². The van der Waals surface area contributed by atoms with E-state index >= 15 is 0 Å². The van der Waals surface area contributed by atoms with Crippen LogP contribution in [0.3, 0.4) is 0 Å². The molecule has 3 rings (SSSR count). The number of aryl methyl sites for hydroxylation is 2. The van der Waals surface area contributed by atoms with Crippen LogP contribution in [0.5, 0.6) is 5.75 Å². The van der Waals surface area contributed by atoms with Gasteiger partial charge in [-0.1, -0.05) is 36.4 Å². The van der Waals surface area contributed by atoms with Crippen LogP contribution in [0.1, 0.15) is 29.5 Å². The van der Waals surface area contributed by atoms with Gasteiger partial charge in [-0.25, -0.2) is 0 Å². The number of aliphatic hydroxyl groups is 1. The van der Waals surface area contributed by atoms with Crippen LogP contribution in [0.2, 0.25) is 0 Å². The van der Waals surface area contributed by atoms with E-state index in [0.29, 0.717) is 26.1 Å². The van der Waals surface area contributed by atoms with E-state index in [0.717, 1.165) is 25.1 Å². The Morgan fingerprint density at radius 2 is 1.93 bits per heavy atom. The van der Waals surface area contributed by atoms with Gasteiger partial charge in [0, 0.05) is 13.1 Å². The summed E-state index contributed by atoms with van der Waals surface area (Å²) in [5, 5.41) is 13.9. The minimum atomic E-state index is -0.929. The Kier molecular flexibility index (Phi) is 9.15. The minimum Gasteiger partial charge on any atom is -0.491 e. The van der Waals surface area contributed by atoms with Crippen molar-refractivity contribution in [1.82, 2.24) is 10.2 Å². The van der Waals surface area contributed by atoms with Crippen LogP contribution < -0.4 is 10.1 Å². The van der Waals surface area contributed by atoms with Gasteiger partial charge in [-0.15, -0.1) is 12.4 Å². The Balaban J connectivity index is 0.00000320. The predicted molar refractivity (Wildman–Crippen MR) is 122 cm³/mol. The number of nitrogens with zero attached hydrogens (tertiary/aromatic N) is 1. The van der Waals surface area contributed by atoms with E-state index in [1.807, 2.05) is 41.3 Å². The Morgan fingerprint density at radius 3 is 2.67 bits per heavy atom. The number of carbonyl (C=O) groups excluding carboxylic acids is 1. The Labute approximate surface area is 185 Å². The Hall–Kier alpha value is -2.08. The first kappa shape index (κ1) is 24.2. The average molecular weight is 433 g/mol. The minimum absolute atomic E-state index is 0. The summed E-state index contributed by atoms with van der Waals surface area (Å²) in [4.78, 5) is 14.3. The molecule has 1 aliphatic heterocycles. The van der Waals surface area contributed by atoms with Gasteiger partial charge in [0.25, 0.3) is 0 Å². The number of halogens is 1. The monoisotopic (exact) mass is 432 g/mol. The van der Waals surface area contributed by atoms with Crippen LogP contribution in [0.25, 0.3) is 0 Å². The number of hydrogen-bond acceptors (Lipinski definition) is 4. The van der Waals surface area contributed by atoms with Crippen molar-refractivity contribution in [2.75, 3.05) is 32.8 Å². The molecule has 1 fully saturated rings. The molecule has 1 saturated heterocycles. The van der Waals surface area contributed by atoms with Crippen molar-refractivity contribution >= 4 is 18.3 Å². The van der Waals surface area contributed by atoms with Gasteiger partial charge in [0.15, 0.2) is 0 Å². The second-order valence-electron chi connectivity index (χ2n) is 8.16. The van der Waals surface area contributed by atoms with Crippen molar-refractivity contribution in [3.8, 4) is 5.75 Å². The molecule has 0 saturated carbocycles. The molecule has 1 aliphatic rings. The molecular formula is C24H33ClN2O3. The highest BCUT2D eigenvalue weighted by atomic mass is 35.5. The zero-order valence-corrected chi connectivity index (χ0v) is 18.7. The van der Waals surface area contributed by atoms with Crippen LogP contribution in [0, 0.1) is 13.8 Å². The first-order valence-electron chi connectivity index (χ1n) is 10.4. The molecule has 0 radical (unpaired) electrons. The van der Waals surface area contributed by atoms with Gasteiger partial charge in [-0.3, -0.25) is 9.69 Å². The number of hydrogen-bond donors (Lipinski definition) is 2. The summed E-state index contributed by atoms with van der Waals surface area (Å²) in [7, 11) is 0. The molecule has 1 amide bonds. The standard InChI is InChI=1S/C24H32N2O3.ClH/c1-19-9-10-22(15-20(19)2)29-18-24(28)12-6-14-26(17-24)16-23(27)25-13-11-21-7-4-3-5-8-21;/h3-5,7-10,15,28H,6,11-14,16-18H2,1-2H3,(H,25,27);1H. The highest BCUT2D eigenvalue weighted by Gasteiger charge is 2.34. The van der Waals surface area contributed by atoms with E-state index in [1.54, 1.807) is 0 Å². The van der Waals surface area contributed by atoms with Gasteiger partial charge in [-0.05, 0) is 68.5 Å². The lowest BCUT2D eigenvalue weighted by Gasteiger charge is -2.38. The van der Waals surface area contributed by atoms with Gasteiger partial charge in [0.1, 0.15) is 18.0 Å². The number of rotatable bonds is 8. The van der Waals surface area contributed by atoms with E-state index in [9.17, 15) is 9.90 Å². The molecule has 30 heavy (non-hydrogen) atoms. The summed E-state index contributed by atoms with van der Waals surface area (Å²) < 4.78 is 5.87. The Bertz CT molecular complexity index is 815. The van der Waals surface area contributed by atoms with Crippen molar-refractivity contribution in [3.05, 3.63) is 65.2 Å². The molecule has 164 valence electrons. The molecule has 0 aliphatic carbocycles. The highest BCUT2D eigenvalue weighted by molar-refractivity contribution is 5.85. The van der Waals surface area contributed by atoms with Crippen LogP contribution in [0.4, 0.5) is 0 Å². The molecule has 5 nitrogen and oxygen atoms in total. The number of carbonyl (C=O) groups is 1. The summed E-state index contributed by atoms with van der Waals surface area (Å²) in [6.45, 7) is 6.55. The highest BCUT2D eigenvalue weighted by Crippen LogP contribution is 2.24. The molecule has 2 aromatic carbocycles. The number of benzene rings is 2. The van der Waals surface area contributed by atoms with Crippen LogP contribution >= 0.6 is 12.4 Å². The summed E-state index contributed by atoms with van der Waals surface area (Å²) in [6.07, 6.45) is 2.36. The lowest BCUT2D eigenvalue weighted by Crippen LogP contribution is -2.53. The van der Waals surface area contributed by atoms with Gasteiger partial charge < -0.3 is 15.2 Å². The van der Waals surface area contributed by atoms with Crippen molar-refractivity contribution in [1.29, 1.82) is 0 Å². The third-order valence-electron chi connectivity index (χ3n) is 5.57. The van der Waals surface area contributed by atoms with Gasteiger partial charge >= 0.3 is 0 Å². The molecule has 0 aromatic heterocycles. The number of β-amino-alcohol motifs (C(OH)–C–C–N with tert-alkyl or cyclic N) is 1. The first-order chi connectivity index (χ1) is 13.9. The molecule has 6 heteroatoms. The van der Waals surface area contributed by atoms with Gasteiger partial charge in [0.05, 0.1) is 6.54 Å². The smallest absolute Gasteiger partial charge is 0.234 e. The number of amides is 1. The number of nitrogens with one attached hydrogen (secondary N) is 1. The molecule has 2 N–H and O–H groups in total. The SMILES string of the molecule is Cc1ccc(OCC2(O)CCCN(CC(=O)NCCc3ccccc3)C2)cc1C.Cl. The second-order valence-corrected chi connectivity index (χ2v) is 8.16. The fourth-order valence-electron chi connectivity index (χ4n) is 3.73. The number of likely N-dealkylation sites (tertiary alicyclic amines) is 1. The third kappa shape index (κ3) is 7.31. The maximum Gasteiger partial charge on any atom is 0.234 e. The second kappa shape index (κ2) is 11.3. The summed E-state index contributed by atoms with van der Waals surface area (Å²) in [5.41, 5.74) is 2.68. The lowest BCUT2D eigenvalue weighted by molar-refractivity contribution is -0.124. The maximum atomic E-state index is 12.3. The van der Waals surface area contributed by atoms with Crippen molar-refractivity contribution in [3.63, 3.8) is 0 Å². The lowest BCUT2D eigenvalue weighted by atomic mass is 9.93. The first-order valence-corrected chi connectivity index (χ1v) is 10.4. The van der Waals surface area contributed by atoms with E-state index in [2.05, 4.69) is 31.3 Å². The predicted octanol–water partition coefficient (Wildman–Crippen LogP) is 3.29. The fourth-order valence-corrected chi connectivity index (χ4v) is 3.73. The molecule has 1 atom stereocenters. The van der Waals surface area contributed by atoms with Crippen molar-refractivity contribution < 1.29 is 14.6 Å². The quantitative estimate of drug-likeness (QED) is 0.672. The summed E-state index contributed by atoms with van der Waals surface area (Å²) in [6, 6.07) is 16.1. The summed E-state index contributed by atoms with van der Waals surface area (Å²) in [5.74, 6) is 0.776.